The smallest absolute Gasteiger partial charge is 0.397 e. The Labute approximate surface area is 86.1 Å². The van der Waals surface area contributed by atoms with Gasteiger partial charge in [0.25, 0.3) is 6.43 Å². The van der Waals surface area contributed by atoms with E-state index in [1.165, 1.54) is 0 Å². The number of alkyl halides is 5. The molecule has 0 fully saturated rings. The number of carbonyl (C=O) groups excluding carboxylic acids is 1. The predicted molar refractivity (Wildman–Crippen MR) is 44.0 cm³/mol. The summed E-state index contributed by atoms with van der Waals surface area (Å²) < 4.78 is 61.4. The largest absolute Gasteiger partial charge is 0.418 e. The van der Waals surface area contributed by atoms with Crippen LogP contribution in [0.1, 0.15) is 28.2 Å². The average Bonchev–Trinajstić information content (AvgIpc) is 2.15. The van der Waals surface area contributed by atoms with Gasteiger partial charge < -0.3 is 5.73 Å². The molecule has 2 N–H and O–H groups in total. The van der Waals surface area contributed by atoms with Crippen molar-refractivity contribution in [1.29, 1.82) is 0 Å². The number of rotatable bonds is 2. The Morgan fingerprint density at radius 1 is 1.38 bits per heavy atom. The molecule has 0 aliphatic carbocycles. The number of aldehydes is 1. The standard InChI is InChI=1S/C8H5F5N2O/c9-7(10)6-4(14)1-3(8(11,12)13)5(2-16)15-6/h1-2,7H,14H2. The van der Waals surface area contributed by atoms with E-state index in [2.05, 4.69) is 4.98 Å². The van der Waals surface area contributed by atoms with E-state index in [0.717, 1.165) is 0 Å². The van der Waals surface area contributed by atoms with E-state index in [1.54, 1.807) is 0 Å². The van der Waals surface area contributed by atoms with Crippen molar-refractivity contribution in [2.45, 2.75) is 12.6 Å². The van der Waals surface area contributed by atoms with Gasteiger partial charge in [0.2, 0.25) is 0 Å². The third-order valence-corrected chi connectivity index (χ3v) is 1.74. The van der Waals surface area contributed by atoms with Crippen LogP contribution in [0.4, 0.5) is 27.6 Å². The van der Waals surface area contributed by atoms with E-state index in [4.69, 9.17) is 5.73 Å². The minimum atomic E-state index is -4.86. The molecule has 8 heteroatoms. The monoisotopic (exact) mass is 240 g/mol. The van der Waals surface area contributed by atoms with Crippen molar-refractivity contribution >= 4 is 12.0 Å². The van der Waals surface area contributed by atoms with Crippen molar-refractivity contribution in [2.24, 2.45) is 0 Å². The van der Waals surface area contributed by atoms with Gasteiger partial charge in [-0.25, -0.2) is 13.8 Å². The fraction of sp³-hybridized carbons (Fsp3) is 0.250. The summed E-state index contributed by atoms with van der Waals surface area (Å²) in [5, 5.41) is 0. The third-order valence-electron chi connectivity index (χ3n) is 1.74. The molecule has 88 valence electrons. The maximum Gasteiger partial charge on any atom is 0.418 e. The first-order valence-electron chi connectivity index (χ1n) is 3.88. The van der Waals surface area contributed by atoms with Gasteiger partial charge in [-0.15, -0.1) is 0 Å². The Kier molecular flexibility index (Phi) is 3.11. The Morgan fingerprint density at radius 3 is 2.31 bits per heavy atom. The van der Waals surface area contributed by atoms with E-state index in [1.807, 2.05) is 0 Å². The highest BCUT2D eigenvalue weighted by molar-refractivity contribution is 5.76. The topological polar surface area (TPSA) is 56.0 Å². The molecule has 0 aliphatic heterocycles. The molecular weight excluding hydrogens is 235 g/mol. The minimum Gasteiger partial charge on any atom is -0.397 e. The molecule has 0 radical (unpaired) electrons. The molecule has 0 saturated heterocycles. The van der Waals surface area contributed by atoms with E-state index in [9.17, 15) is 26.7 Å². The molecule has 3 nitrogen and oxygen atoms in total. The van der Waals surface area contributed by atoms with Gasteiger partial charge in [-0.1, -0.05) is 0 Å². The molecule has 1 heterocycles. The van der Waals surface area contributed by atoms with E-state index < -0.39 is 35.2 Å². The van der Waals surface area contributed by atoms with Crippen LogP contribution in [0.25, 0.3) is 0 Å². The highest BCUT2D eigenvalue weighted by Gasteiger charge is 2.35. The van der Waals surface area contributed by atoms with Gasteiger partial charge in [0.05, 0.1) is 11.3 Å². The van der Waals surface area contributed by atoms with Crippen molar-refractivity contribution in [3.63, 3.8) is 0 Å². The summed E-state index contributed by atoms with van der Waals surface area (Å²) in [5.74, 6) is 0. The summed E-state index contributed by atoms with van der Waals surface area (Å²) in [4.78, 5) is 13.2. The van der Waals surface area contributed by atoms with Gasteiger partial charge in [-0.2, -0.15) is 13.2 Å². The highest BCUT2D eigenvalue weighted by atomic mass is 19.4. The Bertz CT molecular complexity index is 416. The number of carbonyl (C=O) groups is 1. The normalized spacial score (nSPS) is 11.9. The number of halogens is 5. The van der Waals surface area contributed by atoms with Gasteiger partial charge in [0.1, 0.15) is 11.4 Å². The van der Waals surface area contributed by atoms with E-state index in [0.29, 0.717) is 0 Å². The molecular formula is C8H5F5N2O. The fourth-order valence-electron chi connectivity index (χ4n) is 1.05. The number of nitrogens with two attached hydrogens (primary N) is 1. The summed E-state index contributed by atoms with van der Waals surface area (Å²) in [7, 11) is 0. The van der Waals surface area contributed by atoms with Crippen LogP contribution in [-0.4, -0.2) is 11.3 Å². The number of aromatic nitrogens is 1. The van der Waals surface area contributed by atoms with Crippen molar-refractivity contribution < 1.29 is 26.7 Å². The first-order chi connectivity index (χ1) is 7.27. The Morgan fingerprint density at radius 2 is 1.94 bits per heavy atom. The van der Waals surface area contributed by atoms with Crippen LogP contribution in [0.15, 0.2) is 6.07 Å². The SMILES string of the molecule is Nc1cc(C(F)(F)F)c(C=O)nc1C(F)F. The second kappa shape index (κ2) is 4.03. The third kappa shape index (κ3) is 2.26. The molecule has 16 heavy (non-hydrogen) atoms. The summed E-state index contributed by atoms with van der Waals surface area (Å²) >= 11 is 0. The molecule has 0 aromatic carbocycles. The molecule has 0 bridgehead atoms. The number of nitrogen functional groups attached to an aromatic ring is 1. The lowest BCUT2D eigenvalue weighted by atomic mass is 10.1. The Hall–Kier alpha value is -1.73. The molecule has 1 aromatic heterocycles. The predicted octanol–water partition coefficient (Wildman–Crippen LogP) is 2.43. The molecule has 0 saturated carbocycles. The molecule has 1 rings (SSSR count). The molecule has 0 amide bonds. The van der Waals surface area contributed by atoms with Gasteiger partial charge >= 0.3 is 6.18 Å². The fourth-order valence-corrected chi connectivity index (χ4v) is 1.05. The lowest BCUT2D eigenvalue weighted by Crippen LogP contribution is -2.13. The molecule has 0 spiro atoms. The van der Waals surface area contributed by atoms with Crippen molar-refractivity contribution in [2.75, 3.05) is 5.73 Å². The summed E-state index contributed by atoms with van der Waals surface area (Å²) in [5.41, 5.74) is 0.627. The van der Waals surface area contributed by atoms with Crippen molar-refractivity contribution in [3.8, 4) is 0 Å². The zero-order valence-electron chi connectivity index (χ0n) is 7.55. The average molecular weight is 240 g/mol. The van der Waals surface area contributed by atoms with Crippen LogP contribution in [-0.2, 0) is 6.18 Å². The minimum absolute atomic E-state index is 0.242. The first kappa shape index (κ1) is 12.3. The number of pyridine rings is 1. The molecule has 1 aromatic rings. The van der Waals surface area contributed by atoms with Gasteiger partial charge in [0.15, 0.2) is 6.29 Å². The van der Waals surface area contributed by atoms with Gasteiger partial charge in [0, 0.05) is 0 Å². The van der Waals surface area contributed by atoms with Crippen LogP contribution in [0, 0.1) is 0 Å². The zero-order chi connectivity index (χ0) is 12.5. The molecule has 0 atom stereocenters. The second-order valence-electron chi connectivity index (χ2n) is 2.81. The van der Waals surface area contributed by atoms with Crippen LogP contribution >= 0.6 is 0 Å². The Balaban J connectivity index is 3.44. The summed E-state index contributed by atoms with van der Waals surface area (Å²) in [6.07, 6.45) is -8.24. The van der Waals surface area contributed by atoms with Crippen LogP contribution in [0.5, 0.6) is 0 Å². The van der Waals surface area contributed by atoms with Gasteiger partial charge in [-0.05, 0) is 6.07 Å². The first-order valence-corrected chi connectivity index (χ1v) is 3.88. The van der Waals surface area contributed by atoms with E-state index in [-0.39, 0.29) is 12.4 Å². The number of hydrogen-bond donors (Lipinski definition) is 1. The van der Waals surface area contributed by atoms with Crippen LogP contribution in [0.3, 0.4) is 0 Å². The molecule has 0 aliphatic rings. The lowest BCUT2D eigenvalue weighted by molar-refractivity contribution is -0.138. The van der Waals surface area contributed by atoms with Crippen LogP contribution < -0.4 is 5.73 Å². The highest BCUT2D eigenvalue weighted by Crippen LogP contribution is 2.34. The van der Waals surface area contributed by atoms with Crippen molar-refractivity contribution in [3.05, 3.63) is 23.0 Å². The maximum atomic E-state index is 12.3. The van der Waals surface area contributed by atoms with E-state index >= 15 is 0 Å². The van der Waals surface area contributed by atoms with Crippen LogP contribution in [0.2, 0.25) is 0 Å². The quantitative estimate of drug-likeness (QED) is 0.638. The summed E-state index contributed by atoms with van der Waals surface area (Å²) in [6, 6.07) is 0.276. The zero-order valence-corrected chi connectivity index (χ0v) is 7.55. The number of nitrogens with zero attached hydrogens (tertiary/aromatic N) is 1. The van der Waals surface area contributed by atoms with Gasteiger partial charge in [-0.3, -0.25) is 4.79 Å². The maximum absolute atomic E-state index is 12.3. The number of hydrogen-bond acceptors (Lipinski definition) is 3. The lowest BCUT2D eigenvalue weighted by Gasteiger charge is -2.12. The number of anilines is 1. The molecule has 0 unspecified atom stereocenters. The van der Waals surface area contributed by atoms with Crippen molar-refractivity contribution in [1.82, 2.24) is 4.98 Å². The second-order valence-corrected chi connectivity index (χ2v) is 2.81. The summed E-state index contributed by atoms with van der Waals surface area (Å²) in [6.45, 7) is 0.